The summed E-state index contributed by atoms with van der Waals surface area (Å²) in [5.41, 5.74) is 6.62. The van der Waals surface area contributed by atoms with E-state index in [1.807, 2.05) is 59.3 Å². The zero-order chi connectivity index (χ0) is 25.3. The number of benzene rings is 2. The molecular weight excluding hydrogens is 473 g/mol. The summed E-state index contributed by atoms with van der Waals surface area (Å²) in [6.07, 6.45) is 2.15. The zero-order valence-corrected chi connectivity index (χ0v) is 18.3. The molecule has 0 radical (unpaired) electrons. The number of carboxylic acids is 1. The highest BCUT2D eigenvalue weighted by Gasteiger charge is 2.38. The van der Waals surface area contributed by atoms with Crippen molar-refractivity contribution in [2.75, 3.05) is 0 Å². The van der Waals surface area contributed by atoms with Crippen LogP contribution in [-0.4, -0.2) is 46.8 Å². The number of rotatable bonds is 2. The summed E-state index contributed by atoms with van der Waals surface area (Å²) >= 11 is 0. The highest BCUT2D eigenvalue weighted by molar-refractivity contribution is 5.93. The molecule has 178 valence electrons. The van der Waals surface area contributed by atoms with Gasteiger partial charge < -0.3 is 5.11 Å². The number of halogens is 3. The van der Waals surface area contributed by atoms with E-state index in [1.165, 1.54) is 0 Å². The third-order valence-electron chi connectivity index (χ3n) is 5.35. The number of fused-ring (bicyclic) bond motifs is 3. The van der Waals surface area contributed by atoms with Gasteiger partial charge in [0.15, 0.2) is 11.5 Å². The van der Waals surface area contributed by atoms with Crippen molar-refractivity contribution >= 4 is 33.6 Å². The maximum absolute atomic E-state index is 10.6. The predicted octanol–water partition coefficient (Wildman–Crippen LogP) is 5.19. The lowest BCUT2D eigenvalue weighted by Gasteiger charge is -2.06. The minimum atomic E-state index is -5.08. The minimum Gasteiger partial charge on any atom is -0.475 e. The molecule has 0 aliphatic carbocycles. The highest BCUT2D eigenvalue weighted by Crippen LogP contribution is 2.28. The van der Waals surface area contributed by atoms with Crippen molar-refractivity contribution in [2.45, 2.75) is 6.18 Å². The molecule has 4 heterocycles. The van der Waals surface area contributed by atoms with Crippen LogP contribution < -0.4 is 0 Å². The number of aliphatic carboxylic acids is 1. The van der Waals surface area contributed by atoms with Gasteiger partial charge in [-0.05, 0) is 47.5 Å². The smallest absolute Gasteiger partial charge is 0.475 e. The predicted molar refractivity (Wildman–Crippen MR) is 126 cm³/mol. The fourth-order valence-electron chi connectivity index (χ4n) is 3.69. The number of alkyl halides is 3. The minimum absolute atomic E-state index is 0.789. The number of aromatic nitrogens is 6. The number of carbonyl (C=O) groups is 1. The van der Waals surface area contributed by atoms with Crippen LogP contribution in [0.5, 0.6) is 0 Å². The lowest BCUT2D eigenvalue weighted by molar-refractivity contribution is -0.192. The lowest BCUT2D eigenvalue weighted by atomic mass is 10.1. The van der Waals surface area contributed by atoms with Gasteiger partial charge in [0.1, 0.15) is 0 Å². The third kappa shape index (κ3) is 4.41. The van der Waals surface area contributed by atoms with Gasteiger partial charge in [0, 0.05) is 35.7 Å². The number of pyridine rings is 2. The topological polar surface area (TPSA) is 106 Å². The normalized spacial score (nSPS) is 11.4. The van der Waals surface area contributed by atoms with E-state index in [0.717, 1.165) is 50.1 Å². The summed E-state index contributed by atoms with van der Waals surface area (Å²) in [6.45, 7) is 0. The number of para-hydroxylation sites is 1. The maximum atomic E-state index is 10.6. The molecule has 8 nitrogen and oxygen atoms in total. The molecule has 0 amide bonds. The first-order chi connectivity index (χ1) is 17.3. The van der Waals surface area contributed by atoms with Crippen LogP contribution in [0.2, 0.25) is 0 Å². The fraction of sp³-hybridized carbons (Fsp3) is 0.0400. The van der Waals surface area contributed by atoms with Crippen LogP contribution in [-0.2, 0) is 4.79 Å². The van der Waals surface area contributed by atoms with Gasteiger partial charge in [-0.2, -0.15) is 13.2 Å². The average molecular weight is 488 g/mol. The summed E-state index contributed by atoms with van der Waals surface area (Å²) in [4.78, 5) is 22.1. The van der Waals surface area contributed by atoms with Crippen LogP contribution in [0, 0.1) is 0 Å². The number of nitrogens with zero attached hydrogens (tertiary/aromatic N) is 6. The molecule has 0 aliphatic rings. The number of hydrogen-bond donors (Lipinski definition) is 1. The lowest BCUT2D eigenvalue weighted by Crippen LogP contribution is -2.21. The zero-order valence-electron chi connectivity index (χ0n) is 18.3. The second-order valence-corrected chi connectivity index (χ2v) is 7.61. The molecule has 11 heteroatoms. The van der Waals surface area contributed by atoms with Gasteiger partial charge in [-0.3, -0.25) is 19.4 Å². The van der Waals surface area contributed by atoms with Gasteiger partial charge in [-0.15, -0.1) is 10.2 Å². The molecule has 0 bridgehead atoms. The first kappa shape index (κ1) is 22.8. The van der Waals surface area contributed by atoms with Crippen molar-refractivity contribution in [3.63, 3.8) is 0 Å². The molecule has 0 saturated heterocycles. The Kier molecular flexibility index (Phi) is 5.72. The molecule has 6 rings (SSSR count). The van der Waals surface area contributed by atoms with Crippen LogP contribution in [0.25, 0.3) is 50.1 Å². The van der Waals surface area contributed by atoms with Crippen molar-refractivity contribution in [1.29, 1.82) is 0 Å². The van der Waals surface area contributed by atoms with Crippen LogP contribution in [0.3, 0.4) is 0 Å². The van der Waals surface area contributed by atoms with Crippen LogP contribution >= 0.6 is 0 Å². The van der Waals surface area contributed by atoms with E-state index < -0.39 is 12.1 Å². The second-order valence-electron chi connectivity index (χ2n) is 7.61. The molecule has 0 saturated carbocycles. The summed E-state index contributed by atoms with van der Waals surface area (Å²) < 4.78 is 33.7. The van der Waals surface area contributed by atoms with Gasteiger partial charge in [0.25, 0.3) is 0 Å². The fourth-order valence-corrected chi connectivity index (χ4v) is 3.69. The van der Waals surface area contributed by atoms with E-state index in [9.17, 15) is 13.2 Å². The van der Waals surface area contributed by atoms with E-state index >= 15 is 0 Å². The molecule has 36 heavy (non-hydrogen) atoms. The monoisotopic (exact) mass is 488 g/mol. The Labute approximate surface area is 200 Å². The van der Waals surface area contributed by atoms with Crippen molar-refractivity contribution in [3.05, 3.63) is 85.5 Å². The van der Waals surface area contributed by atoms with Crippen LogP contribution in [0.1, 0.15) is 0 Å². The Morgan fingerprint density at radius 2 is 1.47 bits per heavy atom. The largest absolute Gasteiger partial charge is 0.490 e. The van der Waals surface area contributed by atoms with E-state index in [4.69, 9.17) is 9.90 Å². The quantitative estimate of drug-likeness (QED) is 0.358. The summed E-state index contributed by atoms with van der Waals surface area (Å²) in [5, 5.41) is 17.1. The molecule has 0 aliphatic heterocycles. The molecule has 0 unspecified atom stereocenters. The first-order valence-corrected chi connectivity index (χ1v) is 10.5. The molecule has 0 fully saturated rings. The third-order valence-corrected chi connectivity index (χ3v) is 5.35. The molecule has 2 aromatic carbocycles. The Hall–Kier alpha value is -4.93. The van der Waals surface area contributed by atoms with Crippen molar-refractivity contribution in [2.24, 2.45) is 0 Å². The van der Waals surface area contributed by atoms with E-state index in [-0.39, 0.29) is 0 Å². The first-order valence-electron chi connectivity index (χ1n) is 10.5. The van der Waals surface area contributed by atoms with E-state index in [2.05, 4.69) is 43.3 Å². The van der Waals surface area contributed by atoms with E-state index in [0.29, 0.717) is 0 Å². The number of carboxylic acid groups (broad SMARTS) is 1. The van der Waals surface area contributed by atoms with Gasteiger partial charge in [0.05, 0.1) is 16.6 Å². The van der Waals surface area contributed by atoms with Crippen molar-refractivity contribution in [1.82, 2.24) is 29.5 Å². The molecule has 0 spiro atoms. The van der Waals surface area contributed by atoms with Gasteiger partial charge >= 0.3 is 12.1 Å². The van der Waals surface area contributed by atoms with Crippen molar-refractivity contribution in [3.8, 4) is 22.5 Å². The Bertz CT molecular complexity index is 1730. The Morgan fingerprint density at radius 3 is 2.25 bits per heavy atom. The van der Waals surface area contributed by atoms with Gasteiger partial charge in [-0.25, -0.2) is 4.79 Å². The number of hydrogen-bond acceptors (Lipinski definition) is 6. The molecular formula is C25H15F3N6O2. The van der Waals surface area contributed by atoms with Gasteiger partial charge in [-0.1, -0.05) is 24.3 Å². The molecule has 4 aromatic heterocycles. The van der Waals surface area contributed by atoms with Crippen LogP contribution in [0.15, 0.2) is 85.5 Å². The molecule has 6 aromatic rings. The Balaban J connectivity index is 0.000000338. The van der Waals surface area contributed by atoms with Crippen LogP contribution in [0.4, 0.5) is 13.2 Å². The van der Waals surface area contributed by atoms with Crippen molar-refractivity contribution < 1.29 is 23.1 Å². The second kappa shape index (κ2) is 9.02. The molecule has 0 atom stereocenters. The molecule has 1 N–H and O–H groups in total. The van der Waals surface area contributed by atoms with E-state index in [1.54, 1.807) is 12.4 Å². The SMILES string of the molecule is O=C(O)C(F)(F)F.c1ccc2c(-c3nnc4cc(-c5ccc6nccnc6c5)ccn34)ccnc2c1. The standard InChI is InChI=1S/C23H14N6.C2HF3O2/c1-2-4-19-17(3-1)18(7-9-24-19)23-28-27-22-14-16(8-12-29(22)23)15-5-6-20-21(13-15)26-11-10-25-20;3-2(4,5)1(6)7/h1-14H;(H,6,7). The maximum Gasteiger partial charge on any atom is 0.490 e. The Morgan fingerprint density at radius 1 is 0.778 bits per heavy atom. The average Bonchev–Trinajstić information content (AvgIpc) is 3.31. The highest BCUT2D eigenvalue weighted by atomic mass is 19.4. The summed E-state index contributed by atoms with van der Waals surface area (Å²) in [5.74, 6) is -1.96. The van der Waals surface area contributed by atoms with Gasteiger partial charge in [0.2, 0.25) is 0 Å². The summed E-state index contributed by atoms with van der Waals surface area (Å²) in [6, 6.07) is 20.2. The summed E-state index contributed by atoms with van der Waals surface area (Å²) in [7, 11) is 0.